The number of rotatable bonds is 1. The lowest BCUT2D eigenvalue weighted by Crippen LogP contribution is -2.26. The maximum absolute atomic E-state index is 10.3. The van der Waals surface area contributed by atoms with E-state index in [1.807, 2.05) is 19.1 Å². The number of hydrogen-bond donors (Lipinski definition) is 1. The van der Waals surface area contributed by atoms with Crippen LogP contribution in [0.25, 0.3) is 0 Å². The smallest absolute Gasteiger partial charge is 0.115 e. The van der Waals surface area contributed by atoms with Crippen LogP contribution in [0.3, 0.4) is 0 Å². The van der Waals surface area contributed by atoms with Gasteiger partial charge in [0.1, 0.15) is 5.60 Å². The van der Waals surface area contributed by atoms with Gasteiger partial charge in [0.15, 0.2) is 0 Å². The van der Waals surface area contributed by atoms with Gasteiger partial charge in [-0.15, -0.1) is 0 Å². The van der Waals surface area contributed by atoms with Crippen LogP contribution < -0.4 is 0 Å². The van der Waals surface area contributed by atoms with Gasteiger partial charge in [-0.1, -0.05) is 17.7 Å². The van der Waals surface area contributed by atoms with E-state index in [4.69, 9.17) is 16.3 Å². The quantitative estimate of drug-likeness (QED) is 0.774. The van der Waals surface area contributed by atoms with Crippen LogP contribution >= 0.6 is 11.6 Å². The van der Waals surface area contributed by atoms with Crippen molar-refractivity contribution in [3.8, 4) is 0 Å². The molecular formula is C11H13ClO2. The lowest BCUT2D eigenvalue weighted by Gasteiger charge is -2.23. The molecule has 0 aliphatic carbocycles. The van der Waals surface area contributed by atoms with Crippen molar-refractivity contribution in [3.05, 3.63) is 34.3 Å². The molecule has 14 heavy (non-hydrogen) atoms. The van der Waals surface area contributed by atoms with Crippen molar-refractivity contribution in [3.63, 3.8) is 0 Å². The molecule has 2 nitrogen and oxygen atoms in total. The highest BCUT2D eigenvalue weighted by molar-refractivity contribution is 6.30. The second-order valence-corrected chi connectivity index (χ2v) is 4.23. The first-order valence-corrected chi connectivity index (χ1v) is 5.06. The Morgan fingerprint density at radius 3 is 2.86 bits per heavy atom. The molecule has 0 amide bonds. The molecule has 0 bridgehead atoms. The normalized spacial score (nSPS) is 26.8. The summed E-state index contributed by atoms with van der Waals surface area (Å²) in [6, 6.07) is 5.56. The average Bonchev–Trinajstić information content (AvgIpc) is 2.52. The minimum atomic E-state index is -0.811. The van der Waals surface area contributed by atoms with Gasteiger partial charge in [-0.3, -0.25) is 0 Å². The molecule has 1 aromatic carbocycles. The second-order valence-electron chi connectivity index (χ2n) is 3.79. The molecule has 0 saturated carbocycles. The molecule has 2 rings (SSSR count). The van der Waals surface area contributed by atoms with Gasteiger partial charge in [-0.25, -0.2) is 0 Å². The van der Waals surface area contributed by atoms with Gasteiger partial charge in [0.05, 0.1) is 6.61 Å². The van der Waals surface area contributed by atoms with Gasteiger partial charge < -0.3 is 9.84 Å². The fourth-order valence-corrected chi connectivity index (χ4v) is 2.14. The summed E-state index contributed by atoms with van der Waals surface area (Å²) in [5.74, 6) is 0. The summed E-state index contributed by atoms with van der Waals surface area (Å²) in [5.41, 5.74) is 1.14. The minimum absolute atomic E-state index is 0.384. The van der Waals surface area contributed by atoms with Crippen molar-refractivity contribution in [2.24, 2.45) is 0 Å². The van der Waals surface area contributed by atoms with Gasteiger partial charge >= 0.3 is 0 Å². The van der Waals surface area contributed by atoms with Crippen molar-refractivity contribution >= 4 is 11.6 Å². The Kier molecular flexibility index (Phi) is 2.52. The topological polar surface area (TPSA) is 29.5 Å². The summed E-state index contributed by atoms with van der Waals surface area (Å²) in [4.78, 5) is 0. The Balaban J connectivity index is 2.40. The summed E-state index contributed by atoms with van der Waals surface area (Å²) in [7, 11) is 0. The fraction of sp³-hybridized carbons (Fsp3) is 0.455. The standard InChI is InChI=1S/C11H13ClO2/c1-8-6-9(12)2-3-10(8)11(13)4-5-14-7-11/h2-3,6,13H,4-5,7H2,1H3. The third-order valence-corrected chi connectivity index (χ3v) is 2.93. The first kappa shape index (κ1) is 9.97. The fourth-order valence-electron chi connectivity index (χ4n) is 1.92. The molecule has 1 heterocycles. The summed E-state index contributed by atoms with van der Waals surface area (Å²) in [6.07, 6.45) is 0.662. The summed E-state index contributed by atoms with van der Waals surface area (Å²) in [6.45, 7) is 2.96. The molecular weight excluding hydrogens is 200 g/mol. The molecule has 1 atom stereocenters. The number of aliphatic hydroxyl groups is 1. The van der Waals surface area contributed by atoms with Crippen LogP contribution in [0.4, 0.5) is 0 Å². The molecule has 0 aromatic heterocycles. The predicted octanol–water partition coefficient (Wildman–Crippen LogP) is 2.26. The van der Waals surface area contributed by atoms with Gasteiger partial charge in [-0.05, 0) is 30.2 Å². The Bertz CT molecular complexity index is 343. The number of benzene rings is 1. The van der Waals surface area contributed by atoms with Crippen molar-refractivity contribution in [2.75, 3.05) is 13.2 Å². The van der Waals surface area contributed by atoms with Gasteiger partial charge in [0, 0.05) is 18.1 Å². The van der Waals surface area contributed by atoms with Crippen molar-refractivity contribution in [1.29, 1.82) is 0 Å². The lowest BCUT2D eigenvalue weighted by molar-refractivity contribution is 0.0227. The monoisotopic (exact) mass is 212 g/mol. The van der Waals surface area contributed by atoms with E-state index >= 15 is 0 Å². The molecule has 0 radical (unpaired) electrons. The van der Waals surface area contributed by atoms with Crippen LogP contribution in [0.2, 0.25) is 5.02 Å². The maximum Gasteiger partial charge on any atom is 0.115 e. The van der Waals surface area contributed by atoms with Crippen LogP contribution in [-0.4, -0.2) is 18.3 Å². The summed E-state index contributed by atoms with van der Waals surface area (Å²) >= 11 is 5.86. The largest absolute Gasteiger partial charge is 0.383 e. The Morgan fingerprint density at radius 1 is 1.50 bits per heavy atom. The van der Waals surface area contributed by atoms with Crippen LogP contribution in [0.15, 0.2) is 18.2 Å². The zero-order valence-electron chi connectivity index (χ0n) is 8.09. The lowest BCUT2D eigenvalue weighted by atomic mass is 9.90. The third-order valence-electron chi connectivity index (χ3n) is 2.69. The number of hydrogen-bond acceptors (Lipinski definition) is 2. The van der Waals surface area contributed by atoms with Crippen LogP contribution in [0, 0.1) is 6.92 Å². The predicted molar refractivity (Wildman–Crippen MR) is 55.5 cm³/mol. The molecule has 1 saturated heterocycles. The Labute approximate surface area is 88.5 Å². The van der Waals surface area contributed by atoms with Gasteiger partial charge in [-0.2, -0.15) is 0 Å². The molecule has 1 aliphatic rings. The Morgan fingerprint density at radius 2 is 2.29 bits per heavy atom. The minimum Gasteiger partial charge on any atom is -0.383 e. The third kappa shape index (κ3) is 1.65. The first-order chi connectivity index (χ1) is 6.62. The SMILES string of the molecule is Cc1cc(Cl)ccc1C1(O)CCOC1. The van der Waals surface area contributed by atoms with Crippen LogP contribution in [0.1, 0.15) is 17.5 Å². The molecule has 0 spiro atoms. The zero-order chi connectivity index (χ0) is 10.2. The Hall–Kier alpha value is -0.570. The highest BCUT2D eigenvalue weighted by Crippen LogP contribution is 2.33. The summed E-state index contributed by atoms with van der Waals surface area (Å²) < 4.78 is 5.22. The van der Waals surface area contributed by atoms with E-state index in [1.54, 1.807) is 6.07 Å². The maximum atomic E-state index is 10.3. The van der Waals surface area contributed by atoms with E-state index in [1.165, 1.54) is 0 Å². The second kappa shape index (κ2) is 3.54. The highest BCUT2D eigenvalue weighted by atomic mass is 35.5. The number of ether oxygens (including phenoxy) is 1. The molecule has 1 aromatic rings. The zero-order valence-corrected chi connectivity index (χ0v) is 8.84. The molecule has 1 N–H and O–H groups in total. The average molecular weight is 213 g/mol. The van der Waals surface area contributed by atoms with E-state index in [2.05, 4.69) is 0 Å². The van der Waals surface area contributed by atoms with Crippen molar-refractivity contribution in [2.45, 2.75) is 18.9 Å². The van der Waals surface area contributed by atoms with E-state index in [0.29, 0.717) is 24.7 Å². The van der Waals surface area contributed by atoms with E-state index in [9.17, 15) is 5.11 Å². The molecule has 76 valence electrons. The van der Waals surface area contributed by atoms with E-state index < -0.39 is 5.60 Å². The van der Waals surface area contributed by atoms with Gasteiger partial charge in [0.25, 0.3) is 0 Å². The van der Waals surface area contributed by atoms with E-state index in [0.717, 1.165) is 11.1 Å². The molecule has 1 aliphatic heterocycles. The van der Waals surface area contributed by atoms with E-state index in [-0.39, 0.29) is 0 Å². The molecule has 1 unspecified atom stereocenters. The summed E-state index contributed by atoms with van der Waals surface area (Å²) in [5, 5.41) is 11.0. The van der Waals surface area contributed by atoms with Crippen molar-refractivity contribution < 1.29 is 9.84 Å². The first-order valence-electron chi connectivity index (χ1n) is 4.69. The van der Waals surface area contributed by atoms with Crippen LogP contribution in [-0.2, 0) is 10.3 Å². The highest BCUT2D eigenvalue weighted by Gasteiger charge is 2.35. The van der Waals surface area contributed by atoms with Crippen molar-refractivity contribution in [1.82, 2.24) is 0 Å². The molecule has 3 heteroatoms. The number of aryl methyl sites for hydroxylation is 1. The molecule has 1 fully saturated rings. The number of halogens is 1. The van der Waals surface area contributed by atoms with Crippen LogP contribution in [0.5, 0.6) is 0 Å². The van der Waals surface area contributed by atoms with Gasteiger partial charge in [0.2, 0.25) is 0 Å².